The zero-order chi connectivity index (χ0) is 19.5. The molecule has 2 aliphatic rings. The van der Waals surface area contributed by atoms with Crippen LogP contribution in [0.15, 0.2) is 54.6 Å². The number of carbonyl (C=O) groups excluding carboxylic acids is 3. The van der Waals surface area contributed by atoms with E-state index in [9.17, 15) is 14.4 Å². The monoisotopic (exact) mass is 377 g/mol. The van der Waals surface area contributed by atoms with Gasteiger partial charge in [0.05, 0.1) is 5.92 Å². The van der Waals surface area contributed by atoms with Crippen LogP contribution in [0.3, 0.4) is 0 Å². The molecule has 1 atom stereocenters. The van der Waals surface area contributed by atoms with Crippen LogP contribution in [0.5, 0.6) is 0 Å². The van der Waals surface area contributed by atoms with Gasteiger partial charge in [-0.25, -0.2) is 0 Å². The molecule has 2 heterocycles. The van der Waals surface area contributed by atoms with Gasteiger partial charge in [0, 0.05) is 43.0 Å². The standard InChI is InChI=1S/C22H23N3O3/c26-20-14-17(15-25(20)19-6-2-1-3-7-19)21(27)23-18-10-8-16(9-11-18)22(28)24-12-4-5-13-24/h1-3,6-11,17H,4-5,12-15H2,(H,23,27). The molecule has 0 aromatic heterocycles. The largest absolute Gasteiger partial charge is 0.339 e. The Morgan fingerprint density at radius 1 is 0.929 bits per heavy atom. The maximum Gasteiger partial charge on any atom is 0.253 e. The van der Waals surface area contributed by atoms with Gasteiger partial charge in [0.25, 0.3) is 5.91 Å². The minimum absolute atomic E-state index is 0.0373. The van der Waals surface area contributed by atoms with E-state index in [1.807, 2.05) is 35.2 Å². The van der Waals surface area contributed by atoms with Crippen LogP contribution in [0.25, 0.3) is 0 Å². The maximum absolute atomic E-state index is 12.6. The Kier molecular flexibility index (Phi) is 5.10. The van der Waals surface area contributed by atoms with Gasteiger partial charge >= 0.3 is 0 Å². The fourth-order valence-corrected chi connectivity index (χ4v) is 3.78. The van der Waals surface area contributed by atoms with Gasteiger partial charge in [-0.1, -0.05) is 18.2 Å². The van der Waals surface area contributed by atoms with Crippen molar-refractivity contribution in [2.24, 2.45) is 5.92 Å². The second kappa shape index (κ2) is 7.84. The van der Waals surface area contributed by atoms with E-state index in [1.54, 1.807) is 29.2 Å². The Morgan fingerprint density at radius 2 is 1.61 bits per heavy atom. The highest BCUT2D eigenvalue weighted by atomic mass is 16.2. The minimum Gasteiger partial charge on any atom is -0.339 e. The summed E-state index contributed by atoms with van der Waals surface area (Å²) in [7, 11) is 0. The summed E-state index contributed by atoms with van der Waals surface area (Å²) in [5.74, 6) is -0.572. The number of carbonyl (C=O) groups is 3. The predicted octanol–water partition coefficient (Wildman–Crippen LogP) is 2.91. The molecule has 1 unspecified atom stereocenters. The number of hydrogen-bond acceptors (Lipinski definition) is 3. The van der Waals surface area contributed by atoms with Crippen molar-refractivity contribution in [3.05, 3.63) is 60.2 Å². The summed E-state index contributed by atoms with van der Waals surface area (Å²) in [4.78, 5) is 40.8. The Morgan fingerprint density at radius 3 is 2.29 bits per heavy atom. The molecule has 0 aliphatic carbocycles. The molecule has 3 amide bonds. The predicted molar refractivity (Wildman–Crippen MR) is 107 cm³/mol. The van der Waals surface area contributed by atoms with Crippen molar-refractivity contribution < 1.29 is 14.4 Å². The number of nitrogens with one attached hydrogen (secondary N) is 1. The number of amides is 3. The number of anilines is 2. The number of likely N-dealkylation sites (tertiary alicyclic amines) is 1. The number of hydrogen-bond donors (Lipinski definition) is 1. The SMILES string of the molecule is O=C(Nc1ccc(C(=O)N2CCCC2)cc1)C1CC(=O)N(c2ccccc2)C1. The molecular weight excluding hydrogens is 354 g/mol. The molecule has 144 valence electrons. The first-order chi connectivity index (χ1) is 13.6. The lowest BCUT2D eigenvalue weighted by Gasteiger charge is -2.17. The second-order valence-corrected chi connectivity index (χ2v) is 7.31. The first kappa shape index (κ1) is 18.2. The fourth-order valence-electron chi connectivity index (χ4n) is 3.78. The van der Waals surface area contributed by atoms with Crippen molar-refractivity contribution in [1.82, 2.24) is 4.90 Å². The van der Waals surface area contributed by atoms with Crippen molar-refractivity contribution in [3.8, 4) is 0 Å². The third-order valence-corrected chi connectivity index (χ3v) is 5.36. The Bertz CT molecular complexity index is 874. The molecule has 0 bridgehead atoms. The summed E-state index contributed by atoms with van der Waals surface area (Å²) in [5, 5.41) is 2.87. The molecule has 0 radical (unpaired) electrons. The lowest BCUT2D eigenvalue weighted by molar-refractivity contribution is -0.122. The van der Waals surface area contributed by atoms with Crippen LogP contribution in [0.4, 0.5) is 11.4 Å². The maximum atomic E-state index is 12.6. The zero-order valence-electron chi connectivity index (χ0n) is 15.6. The molecule has 2 fully saturated rings. The lowest BCUT2D eigenvalue weighted by Crippen LogP contribution is -2.28. The van der Waals surface area contributed by atoms with E-state index in [0.29, 0.717) is 17.8 Å². The molecule has 1 N–H and O–H groups in total. The highest BCUT2D eigenvalue weighted by Crippen LogP contribution is 2.26. The second-order valence-electron chi connectivity index (χ2n) is 7.31. The molecule has 0 saturated carbocycles. The first-order valence-corrected chi connectivity index (χ1v) is 9.67. The van der Waals surface area contributed by atoms with Gasteiger partial charge in [-0.05, 0) is 49.2 Å². The average Bonchev–Trinajstić information content (AvgIpc) is 3.39. The van der Waals surface area contributed by atoms with E-state index in [0.717, 1.165) is 31.6 Å². The first-order valence-electron chi connectivity index (χ1n) is 9.67. The van der Waals surface area contributed by atoms with Crippen LogP contribution in [0.2, 0.25) is 0 Å². The van der Waals surface area contributed by atoms with E-state index in [4.69, 9.17) is 0 Å². The summed E-state index contributed by atoms with van der Waals surface area (Å²) >= 11 is 0. The number of para-hydroxylation sites is 1. The van der Waals surface area contributed by atoms with E-state index < -0.39 is 5.92 Å². The van der Waals surface area contributed by atoms with Crippen LogP contribution < -0.4 is 10.2 Å². The molecule has 0 spiro atoms. The number of benzene rings is 2. The normalized spacial score (nSPS) is 19.1. The van der Waals surface area contributed by atoms with Crippen LogP contribution in [0.1, 0.15) is 29.6 Å². The van der Waals surface area contributed by atoms with E-state index in [1.165, 1.54) is 0 Å². The lowest BCUT2D eigenvalue weighted by atomic mass is 10.1. The Hall–Kier alpha value is -3.15. The van der Waals surface area contributed by atoms with Crippen molar-refractivity contribution in [1.29, 1.82) is 0 Å². The van der Waals surface area contributed by atoms with Crippen molar-refractivity contribution in [3.63, 3.8) is 0 Å². The van der Waals surface area contributed by atoms with Crippen LogP contribution in [0, 0.1) is 5.92 Å². The highest BCUT2D eigenvalue weighted by Gasteiger charge is 2.35. The van der Waals surface area contributed by atoms with Gasteiger partial charge in [0.15, 0.2) is 0 Å². The van der Waals surface area contributed by atoms with Gasteiger partial charge < -0.3 is 15.1 Å². The summed E-state index contributed by atoms with van der Waals surface area (Å²) in [6.07, 6.45) is 2.31. The molecule has 2 aromatic carbocycles. The van der Waals surface area contributed by atoms with Crippen molar-refractivity contribution >= 4 is 29.1 Å². The number of nitrogens with zero attached hydrogens (tertiary/aromatic N) is 2. The topological polar surface area (TPSA) is 69.7 Å². The highest BCUT2D eigenvalue weighted by molar-refractivity contribution is 6.03. The van der Waals surface area contributed by atoms with Gasteiger partial charge in [-0.2, -0.15) is 0 Å². The van der Waals surface area contributed by atoms with Crippen molar-refractivity contribution in [2.75, 3.05) is 29.9 Å². The Labute approximate surface area is 164 Å². The van der Waals surface area contributed by atoms with Gasteiger partial charge in [-0.15, -0.1) is 0 Å². The summed E-state index contributed by atoms with van der Waals surface area (Å²) in [6, 6.07) is 16.4. The molecule has 6 heteroatoms. The number of rotatable bonds is 4. The summed E-state index contributed by atoms with van der Waals surface area (Å²) in [5.41, 5.74) is 2.08. The summed E-state index contributed by atoms with van der Waals surface area (Å²) < 4.78 is 0. The Balaban J connectivity index is 1.37. The summed E-state index contributed by atoms with van der Waals surface area (Å²) in [6.45, 7) is 2.00. The van der Waals surface area contributed by atoms with Gasteiger partial charge in [0.2, 0.25) is 11.8 Å². The molecule has 28 heavy (non-hydrogen) atoms. The van der Waals surface area contributed by atoms with Crippen LogP contribution in [-0.2, 0) is 9.59 Å². The zero-order valence-corrected chi connectivity index (χ0v) is 15.6. The van der Waals surface area contributed by atoms with E-state index in [2.05, 4.69) is 5.32 Å². The van der Waals surface area contributed by atoms with Crippen LogP contribution in [-0.4, -0.2) is 42.3 Å². The third kappa shape index (κ3) is 3.76. The minimum atomic E-state index is -0.390. The quantitative estimate of drug-likeness (QED) is 0.891. The molecular formula is C22H23N3O3. The molecule has 2 saturated heterocycles. The van der Waals surface area contributed by atoms with E-state index >= 15 is 0 Å². The molecule has 2 aromatic rings. The molecule has 4 rings (SSSR count). The smallest absolute Gasteiger partial charge is 0.253 e. The van der Waals surface area contributed by atoms with Crippen LogP contribution >= 0.6 is 0 Å². The van der Waals surface area contributed by atoms with E-state index in [-0.39, 0.29) is 24.1 Å². The third-order valence-electron chi connectivity index (χ3n) is 5.36. The molecule has 2 aliphatic heterocycles. The van der Waals surface area contributed by atoms with Crippen molar-refractivity contribution in [2.45, 2.75) is 19.3 Å². The van der Waals surface area contributed by atoms with Gasteiger partial charge in [-0.3, -0.25) is 14.4 Å². The molecule has 6 nitrogen and oxygen atoms in total. The van der Waals surface area contributed by atoms with Gasteiger partial charge in [0.1, 0.15) is 0 Å². The average molecular weight is 377 g/mol. The fraction of sp³-hybridized carbons (Fsp3) is 0.318.